The van der Waals surface area contributed by atoms with Gasteiger partial charge in [-0.15, -0.1) is 12.4 Å². The van der Waals surface area contributed by atoms with Crippen LogP contribution in [0.25, 0.3) is 0 Å². The van der Waals surface area contributed by atoms with E-state index in [2.05, 4.69) is 20.3 Å². The summed E-state index contributed by atoms with van der Waals surface area (Å²) in [6, 6.07) is 1.92. The summed E-state index contributed by atoms with van der Waals surface area (Å²) in [5.74, 6) is 0. The van der Waals surface area contributed by atoms with Crippen molar-refractivity contribution in [3.05, 3.63) is 15.5 Å². The van der Waals surface area contributed by atoms with Gasteiger partial charge in [0.25, 0.3) is 0 Å². The smallest absolute Gasteiger partial charge is 0.120 e. The third kappa shape index (κ3) is 2.62. The molecule has 9 heavy (non-hydrogen) atoms. The van der Waals surface area contributed by atoms with Crippen LogP contribution in [0.1, 0.15) is 4.88 Å². The fourth-order valence-electron chi connectivity index (χ4n) is 0.384. The van der Waals surface area contributed by atoms with E-state index in [4.69, 9.17) is 5.73 Å². The van der Waals surface area contributed by atoms with Crippen molar-refractivity contribution in [3.8, 4) is 0 Å². The standard InChI is InChI=1S/C4H5BrN2S.ClH/c5-4-1-3(2-6)8-7-4;/h1H,2,6H2;1H. The molecule has 1 aromatic rings. The molecule has 0 saturated carbocycles. The van der Waals surface area contributed by atoms with Crippen LogP contribution >= 0.6 is 39.9 Å². The lowest BCUT2D eigenvalue weighted by Gasteiger charge is -1.78. The second kappa shape index (κ2) is 4.22. The minimum absolute atomic E-state index is 0. The average Bonchev–Trinajstić information content (AvgIpc) is 2.14. The Morgan fingerprint density at radius 2 is 2.44 bits per heavy atom. The summed E-state index contributed by atoms with van der Waals surface area (Å²) in [6.45, 7) is 0.587. The highest BCUT2D eigenvalue weighted by Gasteiger charge is 1.93. The van der Waals surface area contributed by atoms with Crippen LogP contribution in [0.2, 0.25) is 0 Å². The Hall–Kier alpha value is 0.360. The molecule has 0 amide bonds. The van der Waals surface area contributed by atoms with Gasteiger partial charge in [-0.1, -0.05) is 0 Å². The van der Waals surface area contributed by atoms with E-state index in [0.717, 1.165) is 9.48 Å². The minimum Gasteiger partial charge on any atom is -0.326 e. The summed E-state index contributed by atoms with van der Waals surface area (Å²) in [5.41, 5.74) is 5.31. The van der Waals surface area contributed by atoms with E-state index in [1.165, 1.54) is 11.5 Å². The molecule has 0 bridgehead atoms. The predicted octanol–water partition coefficient (Wildman–Crippen LogP) is 1.79. The molecule has 0 unspecified atom stereocenters. The molecule has 1 rings (SSSR count). The van der Waals surface area contributed by atoms with Gasteiger partial charge in [-0.05, 0) is 33.5 Å². The molecule has 2 nitrogen and oxygen atoms in total. The molecular formula is C4H6BrClN2S. The van der Waals surface area contributed by atoms with E-state index in [-0.39, 0.29) is 12.4 Å². The Morgan fingerprint density at radius 1 is 1.78 bits per heavy atom. The molecule has 1 aromatic heterocycles. The SMILES string of the molecule is Cl.NCc1cc(Br)ns1. The molecule has 1 heterocycles. The van der Waals surface area contributed by atoms with Gasteiger partial charge < -0.3 is 5.73 Å². The molecule has 0 atom stereocenters. The third-order valence-corrected chi connectivity index (χ3v) is 2.18. The van der Waals surface area contributed by atoms with Crippen LogP contribution in [0.4, 0.5) is 0 Å². The first-order chi connectivity index (χ1) is 3.83. The fourth-order valence-corrected chi connectivity index (χ4v) is 1.53. The van der Waals surface area contributed by atoms with E-state index < -0.39 is 0 Å². The first-order valence-electron chi connectivity index (χ1n) is 2.14. The molecular weight excluding hydrogens is 223 g/mol. The molecule has 5 heteroatoms. The van der Waals surface area contributed by atoms with Crippen molar-refractivity contribution in [2.45, 2.75) is 6.54 Å². The van der Waals surface area contributed by atoms with Crippen molar-refractivity contribution < 1.29 is 0 Å². The summed E-state index contributed by atoms with van der Waals surface area (Å²) in [7, 11) is 0. The Bertz CT molecular complexity index is 179. The zero-order valence-corrected chi connectivity index (χ0v) is 7.72. The highest BCUT2D eigenvalue weighted by atomic mass is 79.9. The van der Waals surface area contributed by atoms with E-state index in [0.29, 0.717) is 6.54 Å². The van der Waals surface area contributed by atoms with Crippen LogP contribution in [0.15, 0.2) is 10.7 Å². The van der Waals surface area contributed by atoms with Crippen LogP contribution in [0.3, 0.4) is 0 Å². The highest BCUT2D eigenvalue weighted by molar-refractivity contribution is 9.10. The second-order valence-electron chi connectivity index (χ2n) is 1.32. The minimum atomic E-state index is 0. The quantitative estimate of drug-likeness (QED) is 0.797. The van der Waals surface area contributed by atoms with E-state index in [1.807, 2.05) is 6.07 Å². The maximum absolute atomic E-state index is 5.31. The summed E-state index contributed by atoms with van der Waals surface area (Å²) < 4.78 is 4.84. The Labute approximate surface area is 72.2 Å². The molecule has 0 spiro atoms. The first kappa shape index (κ1) is 9.36. The number of rotatable bonds is 1. The summed E-state index contributed by atoms with van der Waals surface area (Å²) in [5, 5.41) is 0. The van der Waals surface area contributed by atoms with E-state index in [9.17, 15) is 0 Å². The van der Waals surface area contributed by atoms with Gasteiger partial charge in [0.1, 0.15) is 4.60 Å². The fraction of sp³-hybridized carbons (Fsp3) is 0.250. The normalized spacial score (nSPS) is 8.67. The van der Waals surface area contributed by atoms with Crippen molar-refractivity contribution in [1.29, 1.82) is 0 Å². The lowest BCUT2D eigenvalue weighted by Crippen LogP contribution is -1.91. The predicted molar refractivity (Wildman–Crippen MR) is 45.0 cm³/mol. The van der Waals surface area contributed by atoms with Crippen LogP contribution in [-0.4, -0.2) is 4.37 Å². The topological polar surface area (TPSA) is 38.9 Å². The zero-order valence-electron chi connectivity index (χ0n) is 4.50. The van der Waals surface area contributed by atoms with Crippen molar-refractivity contribution in [2.24, 2.45) is 5.73 Å². The molecule has 0 fully saturated rings. The van der Waals surface area contributed by atoms with Crippen LogP contribution in [0.5, 0.6) is 0 Å². The van der Waals surface area contributed by atoms with Crippen molar-refractivity contribution in [1.82, 2.24) is 4.37 Å². The Kier molecular flexibility index (Phi) is 4.39. The van der Waals surface area contributed by atoms with Gasteiger partial charge in [0.15, 0.2) is 0 Å². The number of hydrogen-bond donors (Lipinski definition) is 1. The van der Waals surface area contributed by atoms with Crippen molar-refractivity contribution in [3.63, 3.8) is 0 Å². The molecule has 2 N–H and O–H groups in total. The van der Waals surface area contributed by atoms with Gasteiger partial charge >= 0.3 is 0 Å². The molecule has 0 aromatic carbocycles. The van der Waals surface area contributed by atoms with Gasteiger partial charge in [0.2, 0.25) is 0 Å². The van der Waals surface area contributed by atoms with Crippen molar-refractivity contribution >= 4 is 39.9 Å². The van der Waals surface area contributed by atoms with Gasteiger partial charge in [0.05, 0.1) is 0 Å². The van der Waals surface area contributed by atoms with Gasteiger partial charge in [-0.3, -0.25) is 0 Å². The molecule has 0 aliphatic rings. The molecule has 0 saturated heterocycles. The number of nitrogens with zero attached hydrogens (tertiary/aromatic N) is 1. The summed E-state index contributed by atoms with van der Waals surface area (Å²) in [6.07, 6.45) is 0. The number of aromatic nitrogens is 1. The Morgan fingerprint density at radius 3 is 2.67 bits per heavy atom. The van der Waals surface area contributed by atoms with Gasteiger partial charge in [-0.2, -0.15) is 4.37 Å². The van der Waals surface area contributed by atoms with Crippen LogP contribution in [0, 0.1) is 0 Å². The van der Waals surface area contributed by atoms with E-state index >= 15 is 0 Å². The highest BCUT2D eigenvalue weighted by Crippen LogP contribution is 2.13. The van der Waals surface area contributed by atoms with E-state index in [1.54, 1.807) is 0 Å². The van der Waals surface area contributed by atoms with Crippen LogP contribution in [-0.2, 0) is 6.54 Å². The monoisotopic (exact) mass is 228 g/mol. The Balaban J connectivity index is 0.000000640. The molecule has 0 aliphatic heterocycles. The lowest BCUT2D eigenvalue weighted by molar-refractivity contribution is 1.11. The molecule has 52 valence electrons. The molecule has 0 aliphatic carbocycles. The maximum atomic E-state index is 5.31. The second-order valence-corrected chi connectivity index (χ2v) is 3.02. The first-order valence-corrected chi connectivity index (χ1v) is 3.70. The zero-order chi connectivity index (χ0) is 5.98. The van der Waals surface area contributed by atoms with Crippen molar-refractivity contribution in [2.75, 3.05) is 0 Å². The van der Waals surface area contributed by atoms with Gasteiger partial charge in [0, 0.05) is 11.4 Å². The third-order valence-electron chi connectivity index (χ3n) is 0.731. The number of nitrogens with two attached hydrogens (primary N) is 1. The maximum Gasteiger partial charge on any atom is 0.120 e. The molecule has 0 radical (unpaired) electrons. The summed E-state index contributed by atoms with van der Waals surface area (Å²) in [4.78, 5) is 1.11. The summed E-state index contributed by atoms with van der Waals surface area (Å²) >= 11 is 4.64. The number of hydrogen-bond acceptors (Lipinski definition) is 3. The van der Waals surface area contributed by atoms with Crippen LogP contribution < -0.4 is 5.73 Å². The number of halogens is 2. The van der Waals surface area contributed by atoms with Gasteiger partial charge in [-0.25, -0.2) is 0 Å². The lowest BCUT2D eigenvalue weighted by atomic mass is 10.5. The largest absolute Gasteiger partial charge is 0.326 e. The average molecular weight is 230 g/mol.